The van der Waals surface area contributed by atoms with Crippen molar-refractivity contribution >= 4 is 39.3 Å². The molecule has 1 amide bonds. The van der Waals surface area contributed by atoms with Crippen LogP contribution in [0.25, 0.3) is 11.0 Å². The summed E-state index contributed by atoms with van der Waals surface area (Å²) in [4.78, 5) is 46.4. The summed E-state index contributed by atoms with van der Waals surface area (Å²) in [5.74, 6) is -0.0659. The van der Waals surface area contributed by atoms with Gasteiger partial charge >= 0.3 is 5.97 Å². The quantitative estimate of drug-likeness (QED) is 0.281. The second-order valence-corrected chi connectivity index (χ2v) is 9.43. The number of nitrogens with zero attached hydrogens (tertiary/aromatic N) is 2. The lowest BCUT2D eigenvalue weighted by molar-refractivity contribution is 0.0531. The van der Waals surface area contributed by atoms with E-state index in [9.17, 15) is 14.4 Å². The van der Waals surface area contributed by atoms with Gasteiger partial charge in [-0.15, -0.1) is 0 Å². The standard InChI is InChI=1S/C28H26N2O7S/c1-5-34-19-13-12-16(14-20(19)35-6-2)22-21-23(31)17-10-8-9-11-18(17)37-24(21)26(32)30(22)28-29-15(4)25(38-28)27(33)36-7-3/h8-14,22H,5-7H2,1-4H3. The van der Waals surface area contributed by atoms with E-state index in [2.05, 4.69) is 4.98 Å². The van der Waals surface area contributed by atoms with Gasteiger partial charge in [-0.05, 0) is 57.5 Å². The summed E-state index contributed by atoms with van der Waals surface area (Å²) in [5.41, 5.74) is 1.24. The molecule has 0 fully saturated rings. The minimum absolute atomic E-state index is 0.0592. The third-order valence-corrected chi connectivity index (χ3v) is 7.25. The molecule has 5 rings (SSSR count). The van der Waals surface area contributed by atoms with Crippen LogP contribution in [-0.2, 0) is 4.74 Å². The zero-order chi connectivity index (χ0) is 27.0. The highest BCUT2D eigenvalue weighted by molar-refractivity contribution is 7.17. The van der Waals surface area contributed by atoms with E-state index in [1.165, 1.54) is 4.90 Å². The van der Waals surface area contributed by atoms with Crippen molar-refractivity contribution in [2.75, 3.05) is 24.7 Å². The number of hydrogen-bond acceptors (Lipinski definition) is 9. The molecule has 38 heavy (non-hydrogen) atoms. The second-order valence-electron chi connectivity index (χ2n) is 8.45. The largest absolute Gasteiger partial charge is 0.490 e. The SMILES string of the molecule is CCOC(=O)c1sc(N2C(=O)c3oc4ccccc4c(=O)c3C2c2ccc(OCC)c(OCC)c2)nc1C. The highest BCUT2D eigenvalue weighted by Gasteiger charge is 2.45. The van der Waals surface area contributed by atoms with Gasteiger partial charge in [-0.3, -0.25) is 14.5 Å². The van der Waals surface area contributed by atoms with Crippen molar-refractivity contribution in [3.63, 3.8) is 0 Å². The number of rotatable bonds is 8. The second kappa shape index (κ2) is 10.3. The summed E-state index contributed by atoms with van der Waals surface area (Å²) in [6, 6.07) is 11.2. The number of amides is 1. The van der Waals surface area contributed by atoms with Crippen molar-refractivity contribution in [2.24, 2.45) is 0 Å². The van der Waals surface area contributed by atoms with Crippen LogP contribution < -0.4 is 19.8 Å². The molecule has 4 aromatic rings. The first kappa shape index (κ1) is 25.5. The van der Waals surface area contributed by atoms with E-state index in [4.69, 9.17) is 18.6 Å². The van der Waals surface area contributed by atoms with E-state index < -0.39 is 17.9 Å². The van der Waals surface area contributed by atoms with Crippen molar-refractivity contribution in [2.45, 2.75) is 33.7 Å². The van der Waals surface area contributed by atoms with Gasteiger partial charge in [-0.25, -0.2) is 9.78 Å². The van der Waals surface area contributed by atoms with Crippen LogP contribution in [0.2, 0.25) is 0 Å². The Bertz CT molecular complexity index is 1610. The van der Waals surface area contributed by atoms with Crippen LogP contribution in [0.4, 0.5) is 5.13 Å². The van der Waals surface area contributed by atoms with Crippen molar-refractivity contribution in [3.8, 4) is 11.5 Å². The van der Waals surface area contributed by atoms with Crippen LogP contribution >= 0.6 is 11.3 Å². The van der Waals surface area contributed by atoms with Crippen molar-refractivity contribution in [1.82, 2.24) is 4.98 Å². The van der Waals surface area contributed by atoms with Crippen LogP contribution in [-0.4, -0.2) is 36.7 Å². The minimum Gasteiger partial charge on any atom is -0.490 e. The summed E-state index contributed by atoms with van der Waals surface area (Å²) >= 11 is 1.03. The highest BCUT2D eigenvalue weighted by Crippen LogP contribution is 2.44. The number of esters is 1. The lowest BCUT2D eigenvalue weighted by Gasteiger charge is -2.23. The fourth-order valence-corrected chi connectivity index (χ4v) is 5.53. The molecule has 2 aromatic carbocycles. The van der Waals surface area contributed by atoms with Crippen molar-refractivity contribution in [1.29, 1.82) is 0 Å². The lowest BCUT2D eigenvalue weighted by atomic mass is 9.98. The molecular formula is C28H26N2O7S. The average molecular weight is 535 g/mol. The van der Waals surface area contributed by atoms with Crippen LogP contribution in [0.15, 0.2) is 51.7 Å². The van der Waals surface area contributed by atoms with E-state index in [1.54, 1.807) is 56.3 Å². The third-order valence-electron chi connectivity index (χ3n) is 6.11. The Balaban J connectivity index is 1.74. The van der Waals surface area contributed by atoms with E-state index >= 15 is 0 Å². The monoisotopic (exact) mass is 534 g/mol. The van der Waals surface area contributed by atoms with E-state index in [0.717, 1.165) is 11.3 Å². The number of ether oxygens (including phenoxy) is 3. The topological polar surface area (TPSA) is 108 Å². The van der Waals surface area contributed by atoms with Gasteiger partial charge in [-0.1, -0.05) is 29.5 Å². The van der Waals surface area contributed by atoms with Crippen LogP contribution in [0, 0.1) is 6.92 Å². The predicted octanol–water partition coefficient (Wildman–Crippen LogP) is 5.28. The molecule has 0 radical (unpaired) electrons. The minimum atomic E-state index is -0.867. The number of hydrogen-bond donors (Lipinski definition) is 0. The normalized spacial score (nSPS) is 14.6. The fourth-order valence-electron chi connectivity index (χ4n) is 4.54. The Morgan fingerprint density at radius 3 is 2.50 bits per heavy atom. The van der Waals surface area contributed by atoms with E-state index in [0.29, 0.717) is 46.9 Å². The first-order valence-electron chi connectivity index (χ1n) is 12.3. The van der Waals surface area contributed by atoms with Crippen LogP contribution in [0.1, 0.15) is 63.9 Å². The summed E-state index contributed by atoms with van der Waals surface area (Å²) in [6.07, 6.45) is 0. The maximum Gasteiger partial charge on any atom is 0.350 e. The number of carbonyl (C=O) groups is 2. The van der Waals surface area contributed by atoms with Crippen LogP contribution in [0.5, 0.6) is 11.5 Å². The molecule has 1 aliphatic rings. The van der Waals surface area contributed by atoms with Gasteiger partial charge in [0.05, 0.1) is 42.5 Å². The summed E-state index contributed by atoms with van der Waals surface area (Å²) in [6.45, 7) is 8.18. The molecule has 0 bridgehead atoms. The summed E-state index contributed by atoms with van der Waals surface area (Å²) < 4.78 is 22.7. The molecule has 2 aromatic heterocycles. The summed E-state index contributed by atoms with van der Waals surface area (Å²) in [5, 5.41) is 0.617. The Kier molecular flexibility index (Phi) is 6.90. The molecule has 10 heteroatoms. The van der Waals surface area contributed by atoms with Gasteiger partial charge in [0.1, 0.15) is 10.5 Å². The summed E-state index contributed by atoms with van der Waals surface area (Å²) in [7, 11) is 0. The van der Waals surface area contributed by atoms with Gasteiger partial charge in [0.25, 0.3) is 5.91 Å². The number of anilines is 1. The fraction of sp³-hybridized carbons (Fsp3) is 0.286. The van der Waals surface area contributed by atoms with Crippen molar-refractivity contribution in [3.05, 3.63) is 80.1 Å². The molecule has 196 valence electrons. The third kappa shape index (κ3) is 4.20. The number of carbonyl (C=O) groups excluding carboxylic acids is 2. The molecule has 0 aliphatic carbocycles. The molecular weight excluding hydrogens is 508 g/mol. The van der Waals surface area contributed by atoms with Crippen LogP contribution in [0.3, 0.4) is 0 Å². The number of para-hydroxylation sites is 1. The predicted molar refractivity (Wildman–Crippen MR) is 143 cm³/mol. The van der Waals surface area contributed by atoms with Crippen molar-refractivity contribution < 1.29 is 28.2 Å². The molecule has 9 nitrogen and oxygen atoms in total. The first-order chi connectivity index (χ1) is 18.4. The molecule has 1 unspecified atom stereocenters. The number of thiazole rings is 1. The highest BCUT2D eigenvalue weighted by atomic mass is 32.1. The molecule has 0 saturated carbocycles. The number of benzene rings is 2. The smallest absolute Gasteiger partial charge is 0.350 e. The Morgan fingerprint density at radius 2 is 1.76 bits per heavy atom. The average Bonchev–Trinajstić information content (AvgIpc) is 3.43. The Hall–Kier alpha value is -4.18. The molecule has 0 saturated heterocycles. The maximum atomic E-state index is 13.9. The Morgan fingerprint density at radius 1 is 1.03 bits per heavy atom. The maximum absolute atomic E-state index is 13.9. The van der Waals surface area contributed by atoms with Gasteiger partial charge in [-0.2, -0.15) is 0 Å². The van der Waals surface area contributed by atoms with E-state index in [1.807, 2.05) is 13.8 Å². The first-order valence-corrected chi connectivity index (χ1v) is 13.1. The molecule has 0 spiro atoms. The zero-order valence-electron chi connectivity index (χ0n) is 21.4. The van der Waals surface area contributed by atoms with Gasteiger partial charge in [0.2, 0.25) is 5.76 Å². The molecule has 0 N–H and O–H groups in total. The molecule has 1 atom stereocenters. The number of aromatic nitrogens is 1. The zero-order valence-corrected chi connectivity index (χ0v) is 22.2. The molecule has 3 heterocycles. The van der Waals surface area contributed by atoms with E-state index in [-0.39, 0.29) is 33.4 Å². The van der Waals surface area contributed by atoms with Gasteiger partial charge in [0.15, 0.2) is 22.1 Å². The van der Waals surface area contributed by atoms with Gasteiger partial charge < -0.3 is 18.6 Å². The number of fused-ring (bicyclic) bond motifs is 2. The van der Waals surface area contributed by atoms with Gasteiger partial charge in [0, 0.05) is 0 Å². The lowest BCUT2D eigenvalue weighted by Crippen LogP contribution is -2.29. The molecule has 1 aliphatic heterocycles. The Labute approximate surface area is 222 Å². The number of aryl methyl sites for hydroxylation is 1.